The zero-order valence-corrected chi connectivity index (χ0v) is 16.6. The Morgan fingerprint density at radius 2 is 1.73 bits per heavy atom. The molecule has 2 rings (SSSR count). The average Bonchev–Trinajstić information content (AvgIpc) is 3.22. The summed E-state index contributed by atoms with van der Waals surface area (Å²) in [4.78, 5) is 19.1. The van der Waals surface area contributed by atoms with Gasteiger partial charge in [0.25, 0.3) is 0 Å². The molecule has 8 nitrogen and oxygen atoms in total. The van der Waals surface area contributed by atoms with Gasteiger partial charge in [0.15, 0.2) is 6.19 Å². The lowest BCUT2D eigenvalue weighted by atomic mass is 10.4. The fraction of sp³-hybridized carbons (Fsp3) is 0.500. The van der Waals surface area contributed by atoms with Gasteiger partial charge in [-0.3, -0.25) is 10.3 Å². The summed E-state index contributed by atoms with van der Waals surface area (Å²) in [6, 6.07) is 0. The van der Waals surface area contributed by atoms with Gasteiger partial charge in [-0.15, -0.1) is 0 Å². The molecule has 0 spiro atoms. The molecule has 140 valence electrons. The molecule has 0 fully saturated rings. The van der Waals surface area contributed by atoms with Crippen molar-refractivity contribution in [3.8, 4) is 6.19 Å². The van der Waals surface area contributed by atoms with Gasteiger partial charge in [0.05, 0.1) is 30.6 Å². The van der Waals surface area contributed by atoms with Crippen molar-refractivity contribution < 1.29 is 0 Å². The number of guanidine groups is 1. The Labute approximate surface area is 162 Å². The average molecular weight is 393 g/mol. The summed E-state index contributed by atoms with van der Waals surface area (Å²) in [5, 5.41) is 14.6. The third-order valence-electron chi connectivity index (χ3n) is 3.56. The number of aromatic nitrogens is 4. The zero-order chi connectivity index (χ0) is 18.6. The summed E-state index contributed by atoms with van der Waals surface area (Å²) in [6.07, 6.45) is 5.36. The number of hydrogen-bond donors (Lipinski definition) is 4. The van der Waals surface area contributed by atoms with Gasteiger partial charge in [0.2, 0.25) is 5.96 Å². The summed E-state index contributed by atoms with van der Waals surface area (Å²) >= 11 is 3.57. The van der Waals surface area contributed by atoms with E-state index in [9.17, 15) is 0 Å². The summed E-state index contributed by atoms with van der Waals surface area (Å²) in [7, 11) is 0. The topological polar surface area (TPSA) is 118 Å². The number of nitrogens with zero attached hydrogens (tertiary/aromatic N) is 4. The minimum absolute atomic E-state index is 0.528. The maximum Gasteiger partial charge on any atom is 0.204 e. The van der Waals surface area contributed by atoms with Crippen molar-refractivity contribution in [1.29, 1.82) is 5.26 Å². The second kappa shape index (κ2) is 11.5. The van der Waals surface area contributed by atoms with E-state index in [0.29, 0.717) is 12.5 Å². The summed E-state index contributed by atoms with van der Waals surface area (Å²) in [5.41, 5.74) is 4.39. The standard InChI is InChI=1S/C16H24N8S2/c1-12-14(23-10-21-12)7-25-5-3-18-16(20-9-17)19-4-6-26-8-15-13(2)22-11-24-15/h10-11H,3-8H2,1-2H3,(H,21,23)(H,22,24)(H2,18,19,20). The minimum Gasteiger partial charge on any atom is -0.355 e. The number of hydrogen-bond acceptors (Lipinski definition) is 6. The first-order chi connectivity index (χ1) is 12.7. The van der Waals surface area contributed by atoms with Crippen molar-refractivity contribution in [2.24, 2.45) is 4.99 Å². The molecule has 0 bridgehead atoms. The van der Waals surface area contributed by atoms with Gasteiger partial charge in [-0.1, -0.05) is 0 Å². The number of imidazole rings is 2. The van der Waals surface area contributed by atoms with Gasteiger partial charge >= 0.3 is 0 Å². The van der Waals surface area contributed by atoms with E-state index >= 15 is 0 Å². The summed E-state index contributed by atoms with van der Waals surface area (Å²) < 4.78 is 0. The van der Waals surface area contributed by atoms with Crippen molar-refractivity contribution in [2.45, 2.75) is 25.4 Å². The highest BCUT2D eigenvalue weighted by Gasteiger charge is 2.02. The quantitative estimate of drug-likeness (QED) is 0.160. The molecule has 0 atom stereocenters. The van der Waals surface area contributed by atoms with Crippen LogP contribution >= 0.6 is 23.5 Å². The van der Waals surface area contributed by atoms with Crippen LogP contribution in [0, 0.1) is 25.3 Å². The molecule has 0 aliphatic heterocycles. The van der Waals surface area contributed by atoms with Gasteiger partial charge in [-0.05, 0) is 13.8 Å². The van der Waals surface area contributed by atoms with Gasteiger partial charge in [0.1, 0.15) is 0 Å². The first-order valence-corrected chi connectivity index (χ1v) is 10.6. The number of thioether (sulfide) groups is 2. The van der Waals surface area contributed by atoms with Crippen LogP contribution in [-0.2, 0) is 11.5 Å². The molecule has 4 N–H and O–H groups in total. The largest absolute Gasteiger partial charge is 0.355 e. The molecule has 2 aromatic heterocycles. The van der Waals surface area contributed by atoms with E-state index in [0.717, 1.165) is 52.3 Å². The Hall–Kier alpha value is -2.12. The first kappa shape index (κ1) is 20.2. The van der Waals surface area contributed by atoms with E-state index in [4.69, 9.17) is 5.26 Å². The van der Waals surface area contributed by atoms with E-state index < -0.39 is 0 Å². The third-order valence-corrected chi connectivity index (χ3v) is 5.48. The molecule has 0 radical (unpaired) electrons. The lowest BCUT2D eigenvalue weighted by Gasteiger charge is -2.08. The van der Waals surface area contributed by atoms with Crippen LogP contribution in [0.25, 0.3) is 0 Å². The number of rotatable bonds is 10. The van der Waals surface area contributed by atoms with Crippen molar-refractivity contribution in [1.82, 2.24) is 30.6 Å². The lowest BCUT2D eigenvalue weighted by molar-refractivity contribution is 0.916. The normalized spacial score (nSPS) is 11.3. The smallest absolute Gasteiger partial charge is 0.204 e. The Morgan fingerprint density at radius 1 is 1.12 bits per heavy atom. The van der Waals surface area contributed by atoms with Crippen LogP contribution in [-0.4, -0.2) is 50.5 Å². The van der Waals surface area contributed by atoms with Gasteiger partial charge in [0, 0.05) is 40.9 Å². The molecule has 0 amide bonds. The van der Waals surface area contributed by atoms with Crippen molar-refractivity contribution in [3.05, 3.63) is 35.4 Å². The SMILES string of the molecule is Cc1[nH]cnc1CSCCN=C(NC#N)NCCSCc1nc[nH]c1C. The zero-order valence-electron chi connectivity index (χ0n) is 15.0. The fourth-order valence-corrected chi connectivity index (χ4v) is 3.78. The van der Waals surface area contributed by atoms with Gasteiger partial charge in [-0.25, -0.2) is 9.97 Å². The van der Waals surface area contributed by atoms with Crippen LogP contribution < -0.4 is 10.6 Å². The monoisotopic (exact) mass is 392 g/mol. The van der Waals surface area contributed by atoms with E-state index in [1.54, 1.807) is 36.2 Å². The van der Waals surface area contributed by atoms with Crippen LogP contribution in [0.4, 0.5) is 0 Å². The Morgan fingerprint density at radius 3 is 2.27 bits per heavy atom. The maximum atomic E-state index is 8.84. The predicted molar refractivity (Wildman–Crippen MR) is 108 cm³/mol. The highest BCUT2D eigenvalue weighted by atomic mass is 32.2. The van der Waals surface area contributed by atoms with E-state index in [-0.39, 0.29) is 0 Å². The second-order valence-electron chi connectivity index (χ2n) is 5.45. The third kappa shape index (κ3) is 7.01. The molecule has 0 aromatic carbocycles. The number of H-pyrrole nitrogens is 2. The predicted octanol–water partition coefficient (Wildman–Crippen LogP) is 1.93. The number of nitriles is 1. The Kier molecular flexibility index (Phi) is 8.92. The highest BCUT2D eigenvalue weighted by Crippen LogP contribution is 2.12. The molecule has 2 heterocycles. The molecule has 2 aromatic rings. The van der Waals surface area contributed by atoms with E-state index in [1.165, 1.54) is 0 Å². The second-order valence-corrected chi connectivity index (χ2v) is 7.66. The van der Waals surface area contributed by atoms with E-state index in [2.05, 4.69) is 35.6 Å². The molecule has 0 saturated heterocycles. The fourth-order valence-electron chi connectivity index (χ4n) is 2.06. The van der Waals surface area contributed by atoms with Crippen molar-refractivity contribution in [2.75, 3.05) is 24.6 Å². The van der Waals surface area contributed by atoms with Crippen LogP contribution in [0.3, 0.4) is 0 Å². The molecular formula is C16H24N8S2. The summed E-state index contributed by atoms with van der Waals surface area (Å²) in [6.45, 7) is 5.42. The Bertz CT molecular complexity index is 731. The highest BCUT2D eigenvalue weighted by molar-refractivity contribution is 7.98. The van der Waals surface area contributed by atoms with Crippen molar-refractivity contribution >= 4 is 29.5 Å². The molecule has 0 aliphatic carbocycles. The van der Waals surface area contributed by atoms with Gasteiger partial charge in [-0.2, -0.15) is 28.8 Å². The number of aromatic amines is 2. The van der Waals surface area contributed by atoms with Gasteiger partial charge < -0.3 is 15.3 Å². The molecule has 0 aliphatic rings. The van der Waals surface area contributed by atoms with Crippen LogP contribution in [0.5, 0.6) is 0 Å². The van der Waals surface area contributed by atoms with Crippen molar-refractivity contribution in [3.63, 3.8) is 0 Å². The summed E-state index contributed by atoms with van der Waals surface area (Å²) in [5.74, 6) is 4.05. The molecular weight excluding hydrogens is 368 g/mol. The molecule has 0 saturated carbocycles. The lowest BCUT2D eigenvalue weighted by Crippen LogP contribution is -2.36. The van der Waals surface area contributed by atoms with Crippen LogP contribution in [0.15, 0.2) is 17.6 Å². The molecule has 0 unspecified atom stereocenters. The Balaban J connectivity index is 1.60. The minimum atomic E-state index is 0.528. The number of aryl methyl sites for hydroxylation is 2. The maximum absolute atomic E-state index is 8.84. The number of nitrogens with one attached hydrogen (secondary N) is 4. The number of aliphatic imine (C=N–C) groups is 1. The van der Waals surface area contributed by atoms with E-state index in [1.807, 2.05) is 20.0 Å². The first-order valence-electron chi connectivity index (χ1n) is 8.27. The van der Waals surface area contributed by atoms with Crippen LogP contribution in [0.1, 0.15) is 22.8 Å². The molecule has 10 heteroatoms. The van der Waals surface area contributed by atoms with Crippen LogP contribution in [0.2, 0.25) is 0 Å². The molecule has 26 heavy (non-hydrogen) atoms.